The van der Waals surface area contributed by atoms with Crippen molar-refractivity contribution in [3.63, 3.8) is 0 Å². The lowest BCUT2D eigenvalue weighted by Gasteiger charge is -2.44. The highest BCUT2D eigenvalue weighted by atomic mass is 35.5. The maximum absolute atomic E-state index is 12.9. The van der Waals surface area contributed by atoms with E-state index in [9.17, 15) is 19.2 Å². The lowest BCUT2D eigenvalue weighted by atomic mass is 9.98. The van der Waals surface area contributed by atoms with Gasteiger partial charge in [-0.25, -0.2) is 0 Å². The lowest BCUT2D eigenvalue weighted by Crippen LogP contribution is -2.52. The maximum atomic E-state index is 12.9. The quantitative estimate of drug-likeness (QED) is 0.0657. The molecule has 0 N–H and O–H groups in total. The van der Waals surface area contributed by atoms with Crippen molar-refractivity contribution in [1.82, 2.24) is 19.6 Å². The van der Waals surface area contributed by atoms with Crippen LogP contribution in [-0.4, -0.2) is 122 Å². The molecule has 4 heterocycles. The Balaban J connectivity index is 0.000000158. The minimum Gasteiger partial charge on any atom is -0.360 e. The van der Waals surface area contributed by atoms with Crippen LogP contribution in [0.1, 0.15) is 180 Å². The first-order chi connectivity index (χ1) is 53.8. The van der Waals surface area contributed by atoms with Crippen molar-refractivity contribution in [2.75, 3.05) is 98.1 Å². The Kier molecular flexibility index (Phi) is 32.9. The average Bonchev–Trinajstić information content (AvgIpc) is 1.02. The van der Waals surface area contributed by atoms with E-state index in [1.54, 1.807) is 0 Å². The minimum absolute atomic E-state index is 0.0454. The summed E-state index contributed by atoms with van der Waals surface area (Å²) in [4.78, 5) is 68.6. The fraction of sp³-hybridized carbons (Fsp3) is 0.435. The minimum atomic E-state index is 0.0454. The van der Waals surface area contributed by atoms with E-state index in [0.717, 1.165) is 183 Å². The number of halogens is 8. The zero-order valence-electron chi connectivity index (χ0n) is 66.4. The molecule has 1 saturated carbocycles. The fourth-order valence-corrected chi connectivity index (χ4v) is 17.3. The topological polar surface area (TPSA) is 94.2 Å². The Bertz CT molecular complexity index is 4410. The second-order valence-electron chi connectivity index (χ2n) is 31.0. The zero-order valence-corrected chi connectivity index (χ0v) is 72.5. The van der Waals surface area contributed by atoms with Gasteiger partial charge >= 0.3 is 0 Å². The van der Waals surface area contributed by atoms with E-state index >= 15 is 0 Å². The summed E-state index contributed by atoms with van der Waals surface area (Å²) in [5.41, 5.74) is 13.2. The molecule has 6 atom stereocenters. The summed E-state index contributed by atoms with van der Waals surface area (Å²) in [6, 6.07) is 56.6. The molecule has 12 nitrogen and oxygen atoms in total. The first-order valence-corrected chi connectivity index (χ1v) is 43.1. The van der Waals surface area contributed by atoms with E-state index in [0.29, 0.717) is 79.5 Å². The summed E-state index contributed by atoms with van der Waals surface area (Å²) in [7, 11) is 0. The van der Waals surface area contributed by atoms with Gasteiger partial charge in [-0.05, 0) is 200 Å². The van der Waals surface area contributed by atoms with Crippen LogP contribution >= 0.6 is 92.8 Å². The van der Waals surface area contributed by atoms with Crippen LogP contribution in [0.4, 0.5) is 22.7 Å². The van der Waals surface area contributed by atoms with Gasteiger partial charge in [0.25, 0.3) is 0 Å². The molecular formula is C92H110Cl8N8O4. The molecule has 4 amide bonds. The van der Waals surface area contributed by atoms with Crippen LogP contribution in [0.2, 0.25) is 40.2 Å². The van der Waals surface area contributed by atoms with Gasteiger partial charge in [0, 0.05) is 124 Å². The Hall–Kier alpha value is -6.84. The van der Waals surface area contributed by atoms with Gasteiger partial charge in [-0.15, -0.1) is 0 Å². The van der Waals surface area contributed by atoms with Crippen molar-refractivity contribution in [3.05, 3.63) is 255 Å². The van der Waals surface area contributed by atoms with E-state index in [-0.39, 0.29) is 53.7 Å². The molecule has 112 heavy (non-hydrogen) atoms. The molecule has 5 fully saturated rings. The molecule has 8 aromatic carbocycles. The van der Waals surface area contributed by atoms with Crippen molar-refractivity contribution >= 4 is 139 Å². The second-order valence-corrected chi connectivity index (χ2v) is 34.4. The van der Waals surface area contributed by atoms with Gasteiger partial charge in [0.1, 0.15) is 0 Å². The molecular weight excluding hydrogens is 1560 g/mol. The number of piperazine rings is 4. The summed E-state index contributed by atoms with van der Waals surface area (Å²) >= 11 is 50.7. The molecule has 0 radical (unpaired) electrons. The summed E-state index contributed by atoms with van der Waals surface area (Å²) in [5, 5.41) is 5.86. The van der Waals surface area contributed by atoms with Crippen LogP contribution in [0.15, 0.2) is 170 Å². The van der Waals surface area contributed by atoms with Crippen molar-refractivity contribution in [1.29, 1.82) is 0 Å². The van der Waals surface area contributed by atoms with Crippen LogP contribution in [0.3, 0.4) is 0 Å². The smallest absolute Gasteiger partial charge is 0.225 e. The Morgan fingerprint density at radius 3 is 0.964 bits per heavy atom. The number of amides is 4. The van der Waals surface area contributed by atoms with Gasteiger partial charge in [0.2, 0.25) is 23.6 Å². The average molecular weight is 1680 g/mol. The molecule has 5 aliphatic rings. The molecule has 0 bridgehead atoms. The molecule has 4 aliphatic heterocycles. The third-order valence-corrected chi connectivity index (χ3v) is 24.6. The number of anilines is 4. The first kappa shape index (κ1) is 87.5. The van der Waals surface area contributed by atoms with Crippen molar-refractivity contribution in [2.45, 2.75) is 164 Å². The number of carbonyl (C=O) groups excluding carboxylic acids is 4. The van der Waals surface area contributed by atoms with Crippen molar-refractivity contribution in [2.24, 2.45) is 17.8 Å². The Morgan fingerprint density at radius 2 is 0.670 bits per heavy atom. The van der Waals surface area contributed by atoms with E-state index in [1.807, 2.05) is 163 Å². The molecule has 20 heteroatoms. The molecule has 0 spiro atoms. The first-order valence-electron chi connectivity index (χ1n) is 40.0. The highest BCUT2D eigenvalue weighted by Crippen LogP contribution is 2.42. The lowest BCUT2D eigenvalue weighted by molar-refractivity contribution is -0.136. The highest BCUT2D eigenvalue weighted by molar-refractivity contribution is 6.35. The molecule has 2 unspecified atom stereocenters. The molecule has 1 aliphatic carbocycles. The van der Waals surface area contributed by atoms with E-state index in [2.05, 4.69) is 108 Å². The van der Waals surface area contributed by atoms with E-state index in [4.69, 9.17) is 92.8 Å². The van der Waals surface area contributed by atoms with Crippen molar-refractivity contribution in [3.8, 4) is 0 Å². The van der Waals surface area contributed by atoms with Crippen LogP contribution in [0.5, 0.6) is 0 Å². The highest BCUT2D eigenvalue weighted by Gasteiger charge is 2.38. The summed E-state index contributed by atoms with van der Waals surface area (Å²) in [5.74, 6) is 2.26. The van der Waals surface area contributed by atoms with Crippen LogP contribution < -0.4 is 19.6 Å². The number of hydrogen-bond acceptors (Lipinski definition) is 8. The molecule has 598 valence electrons. The molecule has 0 aromatic heterocycles. The number of nitrogens with zero attached hydrogens (tertiary/aromatic N) is 8. The standard InChI is InChI=1S/C23H26Cl2N2O.3C23H28Cl2N2O/c1-16-2-10-21(20(25)14-16)27-13-12-26(23(28)11-5-17-3-4-17)15-22(27)18-6-8-19(24)9-7-18;1-4-16(2)14-23(28)26-11-12-27(21-10-5-17(3)13-20(21)25)22(15-26)18-6-8-19(24)9-7-18;1-4-5-17(3)23(28)26-12-13-27(21-11-6-16(2)14-20(21)25)22(15-26)18-7-9-19(24)10-8-18;1-3-4-5-6-23(28)26-13-14-27(21-12-7-17(2)15-20(21)25)22(16-26)18-8-10-19(24)11-9-18/h2,6-10,14,17,22H,3-5,11-13,15H2,1H3;5-10,13,16,22H,4,11-12,14-15H2,1-3H3;6-11,14,17,22H,4-5,12-13,15H2,1-3H3;7-12,15,22H,3-6,13-14,16H2,1-2H3/t22-;16?,22-;17?,22-;22-/m0000/s1. The summed E-state index contributed by atoms with van der Waals surface area (Å²) < 4.78 is 0. The number of benzene rings is 8. The molecule has 8 aromatic rings. The van der Waals surface area contributed by atoms with Gasteiger partial charge in [-0.3, -0.25) is 19.2 Å². The normalized spacial score (nSPS) is 18.3. The monoisotopic (exact) mass is 1670 g/mol. The summed E-state index contributed by atoms with van der Waals surface area (Å²) in [6.07, 6.45) is 11.7. The Morgan fingerprint density at radius 1 is 0.366 bits per heavy atom. The van der Waals surface area contributed by atoms with Crippen LogP contribution in [-0.2, 0) is 19.2 Å². The SMILES string of the molecule is CCC(C)CC(=O)N1CCN(c2ccc(C)cc2Cl)[C@H](c2ccc(Cl)cc2)C1.CCCC(C)C(=O)N1CCN(c2ccc(C)cc2Cl)[C@H](c2ccc(Cl)cc2)C1.CCCCCC(=O)N1CCN(c2ccc(C)cc2Cl)[C@H](c2ccc(Cl)cc2)C1.Cc1ccc(N2CCN(C(=O)CCC3CC3)C[C@H]2c2ccc(Cl)cc2)c(Cl)c1. The van der Waals surface area contributed by atoms with E-state index < -0.39 is 0 Å². The predicted octanol–water partition coefficient (Wildman–Crippen LogP) is 24.4. The van der Waals surface area contributed by atoms with Gasteiger partial charge in [-0.1, -0.05) is 239 Å². The van der Waals surface area contributed by atoms with Crippen molar-refractivity contribution < 1.29 is 19.2 Å². The van der Waals surface area contributed by atoms with Gasteiger partial charge in [0.15, 0.2) is 0 Å². The van der Waals surface area contributed by atoms with Gasteiger partial charge in [0.05, 0.1) is 67.0 Å². The zero-order chi connectivity index (χ0) is 80.3. The second kappa shape index (κ2) is 42.2. The predicted molar refractivity (Wildman–Crippen MR) is 471 cm³/mol. The summed E-state index contributed by atoms with van der Waals surface area (Å²) in [6.45, 7) is 27.3. The molecule has 13 rings (SSSR count). The fourth-order valence-electron chi connectivity index (χ4n) is 15.4. The largest absolute Gasteiger partial charge is 0.360 e. The van der Waals surface area contributed by atoms with Gasteiger partial charge < -0.3 is 39.2 Å². The molecule has 4 saturated heterocycles. The van der Waals surface area contributed by atoms with Crippen LogP contribution in [0, 0.1) is 45.4 Å². The number of rotatable bonds is 21. The Labute approximate surface area is 706 Å². The number of aryl methyl sites for hydroxylation is 4. The number of hydrogen-bond donors (Lipinski definition) is 0. The third-order valence-electron chi connectivity index (χ3n) is 22.4. The number of unbranched alkanes of at least 4 members (excludes halogenated alkanes) is 2. The number of carbonyl (C=O) groups is 4. The maximum Gasteiger partial charge on any atom is 0.225 e. The van der Waals surface area contributed by atoms with Crippen LogP contribution in [0.25, 0.3) is 0 Å². The third kappa shape index (κ3) is 24.1. The van der Waals surface area contributed by atoms with Gasteiger partial charge in [-0.2, -0.15) is 0 Å². The van der Waals surface area contributed by atoms with E-state index in [1.165, 1.54) is 12.8 Å².